The van der Waals surface area contributed by atoms with Gasteiger partial charge in [-0.1, -0.05) is 12.1 Å². The summed E-state index contributed by atoms with van der Waals surface area (Å²) in [5.41, 5.74) is -5.24. The van der Waals surface area contributed by atoms with E-state index in [1.165, 1.54) is 32.2 Å². The maximum Gasteiger partial charge on any atom is 0.332 e. The highest BCUT2D eigenvalue weighted by atomic mass is 16.7. The summed E-state index contributed by atoms with van der Waals surface area (Å²) in [6, 6.07) is 3.00. The predicted octanol–water partition coefficient (Wildman–Crippen LogP) is -0.355. The minimum absolute atomic E-state index is 0.0170. The number of carbonyl (C=O) groups is 6. The van der Waals surface area contributed by atoms with E-state index in [0.29, 0.717) is 6.08 Å². The Morgan fingerprint density at radius 2 is 1.74 bits per heavy atom. The lowest BCUT2D eigenvalue weighted by atomic mass is 9.72. The van der Waals surface area contributed by atoms with E-state index in [0.717, 1.165) is 0 Å². The van der Waals surface area contributed by atoms with Crippen LogP contribution in [0.5, 0.6) is 17.2 Å². The average Bonchev–Trinajstić information content (AvgIpc) is 3.05. The van der Waals surface area contributed by atoms with Gasteiger partial charge >= 0.3 is 11.9 Å². The molecule has 3 aliphatic rings. The summed E-state index contributed by atoms with van der Waals surface area (Å²) in [6.45, 7) is 0.267. The number of nitrogens with one attached hydrogen (secondary N) is 1. The lowest BCUT2D eigenvalue weighted by molar-refractivity contribution is -0.249. The second-order valence-electron chi connectivity index (χ2n) is 12.2. The summed E-state index contributed by atoms with van der Waals surface area (Å²) in [6.07, 6.45) is -7.57. The second kappa shape index (κ2) is 13.6. The second-order valence-corrected chi connectivity index (χ2v) is 12.2. The minimum atomic E-state index is -2.41. The van der Waals surface area contributed by atoms with Crippen molar-refractivity contribution in [2.45, 2.75) is 68.9 Å². The molecule has 0 radical (unpaired) electrons. The van der Waals surface area contributed by atoms with Crippen LogP contribution in [0, 0.1) is 0 Å². The Morgan fingerprint density at radius 1 is 1.06 bits per heavy atom. The highest BCUT2D eigenvalue weighted by Gasteiger charge is 2.50. The van der Waals surface area contributed by atoms with Gasteiger partial charge in [0.25, 0.3) is 0 Å². The van der Waals surface area contributed by atoms with Gasteiger partial charge < -0.3 is 55.3 Å². The number of carboxylic acid groups (broad SMARTS) is 2. The molecule has 50 heavy (non-hydrogen) atoms. The normalized spacial score (nSPS) is 25.9. The molecular weight excluding hydrogens is 666 g/mol. The number of phenols is 2. The van der Waals surface area contributed by atoms with Gasteiger partial charge in [-0.15, -0.1) is 0 Å². The summed E-state index contributed by atoms with van der Waals surface area (Å²) in [5, 5.41) is 75.5. The Kier molecular flexibility index (Phi) is 9.82. The fourth-order valence-electron chi connectivity index (χ4n) is 6.59. The number of aliphatic carboxylic acids is 2. The largest absolute Gasteiger partial charge is 0.507 e. The molecule has 1 saturated heterocycles. The van der Waals surface area contributed by atoms with Gasteiger partial charge in [-0.2, -0.15) is 0 Å². The SMILES string of the molecule is COc1cccc2c1C(=O)c1c(O)c3c(c(O)c1C2=O)C[C@@](O)(C(=O)CO)C[C@@H]3O[C@H]1C[C@H](NC(=O)/C=C(\CC(=O)O)C(=O)O)[C@H](O)[C@H](C)O1. The summed E-state index contributed by atoms with van der Waals surface area (Å²) >= 11 is 0. The zero-order chi connectivity index (χ0) is 36.8. The van der Waals surface area contributed by atoms with Crippen molar-refractivity contribution in [3.8, 4) is 17.2 Å². The molecule has 1 aliphatic heterocycles. The molecule has 2 aromatic carbocycles. The molecule has 1 heterocycles. The quantitative estimate of drug-likeness (QED) is 0.0991. The van der Waals surface area contributed by atoms with Gasteiger partial charge in [0.05, 0.1) is 54.0 Å². The van der Waals surface area contributed by atoms with Crippen molar-refractivity contribution < 1.29 is 78.7 Å². The average molecular weight is 700 g/mol. The first-order valence-corrected chi connectivity index (χ1v) is 15.2. The van der Waals surface area contributed by atoms with Gasteiger partial charge in [-0.05, 0) is 13.0 Å². The molecule has 17 heteroatoms. The topological polar surface area (TPSA) is 284 Å². The Bertz CT molecular complexity index is 1850. The molecule has 0 aromatic heterocycles. The van der Waals surface area contributed by atoms with E-state index < -0.39 is 126 Å². The summed E-state index contributed by atoms with van der Waals surface area (Å²) in [7, 11) is 1.27. The van der Waals surface area contributed by atoms with E-state index in [1.54, 1.807) is 0 Å². The van der Waals surface area contributed by atoms with Crippen LogP contribution in [0.15, 0.2) is 29.8 Å². The number of phenolic OH excluding ortho intramolecular Hbond substituents is 2. The fraction of sp³-hybridized carbons (Fsp3) is 0.394. The molecule has 0 spiro atoms. The number of carboxylic acids is 2. The van der Waals surface area contributed by atoms with E-state index in [4.69, 9.17) is 19.3 Å². The van der Waals surface area contributed by atoms with Crippen molar-refractivity contribution in [3.63, 3.8) is 0 Å². The van der Waals surface area contributed by atoms with Crippen LogP contribution in [0.3, 0.4) is 0 Å². The maximum atomic E-state index is 13.8. The highest BCUT2D eigenvalue weighted by Crippen LogP contribution is 2.52. The zero-order valence-corrected chi connectivity index (χ0v) is 26.5. The van der Waals surface area contributed by atoms with Crippen LogP contribution in [0.4, 0.5) is 0 Å². The van der Waals surface area contributed by atoms with E-state index >= 15 is 0 Å². The number of ether oxygens (including phenoxy) is 3. The number of aliphatic hydroxyl groups excluding tert-OH is 2. The van der Waals surface area contributed by atoms with Gasteiger partial charge in [0.2, 0.25) is 11.7 Å². The van der Waals surface area contributed by atoms with Gasteiger partial charge in [-0.3, -0.25) is 24.0 Å². The molecule has 0 unspecified atom stereocenters. The maximum absolute atomic E-state index is 13.8. The lowest BCUT2D eigenvalue weighted by Crippen LogP contribution is -2.55. The summed E-state index contributed by atoms with van der Waals surface area (Å²) in [5.74, 6) is -8.64. The fourth-order valence-corrected chi connectivity index (χ4v) is 6.59. The first kappa shape index (κ1) is 36.1. The van der Waals surface area contributed by atoms with Crippen molar-refractivity contribution in [3.05, 3.63) is 63.2 Å². The first-order valence-electron chi connectivity index (χ1n) is 15.2. The number of carbonyl (C=O) groups excluding carboxylic acids is 4. The van der Waals surface area contributed by atoms with Crippen molar-refractivity contribution >= 4 is 35.2 Å². The summed E-state index contributed by atoms with van der Waals surface area (Å²) in [4.78, 5) is 75.4. The molecular formula is C33H33NO16. The van der Waals surface area contributed by atoms with E-state index in [9.17, 15) is 59.4 Å². The molecule has 1 amide bonds. The molecule has 17 nitrogen and oxygen atoms in total. The van der Waals surface area contributed by atoms with Crippen molar-refractivity contribution in [2.24, 2.45) is 0 Å². The highest BCUT2D eigenvalue weighted by molar-refractivity contribution is 6.31. The van der Waals surface area contributed by atoms with Crippen LogP contribution in [0.25, 0.3) is 0 Å². The molecule has 2 aromatic rings. The third-order valence-electron chi connectivity index (χ3n) is 9.01. The Morgan fingerprint density at radius 3 is 2.36 bits per heavy atom. The standard InChI is InChI=1S/C33H33NO16/c1-12-27(40)16(34-20(37)6-13(32(45)46)7-21(38)39)8-22(49-12)50-18-10-33(47,19(36)11-35)9-15-24(18)31(44)26-25(29(15)42)28(41)14-4-3-5-17(48-2)23(14)30(26)43/h3-6,12,16,18,22,27,35,40,42,44,47H,7-11H2,1-2H3,(H,34,37)(H,38,39)(H,45,46)/b13-6+/t12-,16-,18-,22-,27+,33-/m0/s1. The number of fused-ring (bicyclic) bond motifs is 3. The van der Waals surface area contributed by atoms with Crippen molar-refractivity contribution in [1.29, 1.82) is 0 Å². The number of hydrogen-bond acceptors (Lipinski definition) is 14. The molecule has 0 saturated carbocycles. The molecule has 6 atom stereocenters. The third-order valence-corrected chi connectivity index (χ3v) is 9.01. The summed E-state index contributed by atoms with van der Waals surface area (Å²) < 4.78 is 17.1. The molecule has 0 bridgehead atoms. The number of methoxy groups -OCH3 is 1. The molecule has 1 fully saturated rings. The number of aromatic hydroxyl groups is 2. The van der Waals surface area contributed by atoms with Gasteiger partial charge in [0.1, 0.15) is 35.6 Å². The number of aliphatic hydroxyl groups is 3. The van der Waals surface area contributed by atoms with Crippen LogP contribution in [0.2, 0.25) is 0 Å². The molecule has 8 N–H and O–H groups in total. The number of ketones is 3. The van der Waals surface area contributed by atoms with Crippen LogP contribution < -0.4 is 10.1 Å². The molecule has 5 rings (SSSR count). The first-order chi connectivity index (χ1) is 23.5. The lowest BCUT2D eigenvalue weighted by Gasteiger charge is -2.42. The number of benzene rings is 2. The number of Topliss-reactive ketones (excluding diaryl/α,β-unsaturated/α-hetero) is 1. The van der Waals surface area contributed by atoms with Gasteiger partial charge in [0.15, 0.2) is 17.9 Å². The zero-order valence-electron chi connectivity index (χ0n) is 26.5. The monoisotopic (exact) mass is 699 g/mol. The number of rotatable bonds is 10. The van der Waals surface area contributed by atoms with Gasteiger partial charge in [-0.25, -0.2) is 4.79 Å². The Hall–Kier alpha value is -5.20. The van der Waals surface area contributed by atoms with Crippen LogP contribution in [-0.2, 0) is 35.1 Å². The minimum Gasteiger partial charge on any atom is -0.507 e. The molecule has 2 aliphatic carbocycles. The molecule has 266 valence electrons. The smallest absolute Gasteiger partial charge is 0.332 e. The predicted molar refractivity (Wildman–Crippen MR) is 164 cm³/mol. The number of amides is 1. The number of hydrogen-bond donors (Lipinski definition) is 8. The van der Waals surface area contributed by atoms with Crippen LogP contribution in [0.1, 0.15) is 75.3 Å². The van der Waals surface area contributed by atoms with E-state index in [1.807, 2.05) is 0 Å². The Balaban J connectivity index is 1.55. The van der Waals surface area contributed by atoms with Gasteiger partial charge in [0, 0.05) is 42.0 Å². The van der Waals surface area contributed by atoms with Crippen LogP contribution >= 0.6 is 0 Å². The van der Waals surface area contributed by atoms with E-state index in [-0.39, 0.29) is 34.4 Å². The van der Waals surface area contributed by atoms with Crippen LogP contribution in [-0.4, -0.2) is 115 Å². The van der Waals surface area contributed by atoms with E-state index in [2.05, 4.69) is 5.32 Å². The van der Waals surface area contributed by atoms with Crippen molar-refractivity contribution in [1.82, 2.24) is 5.32 Å². The Labute approximate surface area is 282 Å². The van der Waals surface area contributed by atoms with Crippen molar-refractivity contribution in [2.75, 3.05) is 13.7 Å². The third kappa shape index (κ3) is 6.32.